The third-order valence-electron chi connectivity index (χ3n) is 4.84. The second-order valence-electron chi connectivity index (χ2n) is 7.53. The normalized spacial score (nSPS) is 15.1. The van der Waals surface area contributed by atoms with Gasteiger partial charge in [0.2, 0.25) is 0 Å². The molecule has 1 aliphatic rings. The molecule has 0 saturated heterocycles. The van der Waals surface area contributed by atoms with Gasteiger partial charge in [-0.1, -0.05) is 29.3 Å². The van der Waals surface area contributed by atoms with Crippen LogP contribution in [0.1, 0.15) is 50.0 Å². The van der Waals surface area contributed by atoms with E-state index in [1.54, 1.807) is 12.4 Å². The molecule has 158 valence electrons. The Labute approximate surface area is 179 Å². The Morgan fingerprint density at radius 1 is 1.14 bits per heavy atom. The van der Waals surface area contributed by atoms with E-state index < -0.39 is 12.7 Å². The molecule has 1 heterocycles. The number of rotatable bonds is 9. The van der Waals surface area contributed by atoms with E-state index in [2.05, 4.69) is 4.74 Å². The van der Waals surface area contributed by atoms with Crippen molar-refractivity contribution in [1.82, 2.24) is 0 Å². The lowest BCUT2D eigenvalue weighted by Gasteiger charge is -2.17. The fourth-order valence-electron chi connectivity index (χ4n) is 2.90. The average molecular weight is 447 g/mol. The van der Waals surface area contributed by atoms with Gasteiger partial charge in [0.15, 0.2) is 29.9 Å². The van der Waals surface area contributed by atoms with Gasteiger partial charge in [0.05, 0.1) is 12.7 Å². The van der Waals surface area contributed by atoms with E-state index in [1.165, 1.54) is 18.2 Å². The molecule has 4 nitrogen and oxygen atoms in total. The fraction of sp³-hybridized carbons (Fsp3) is 0.476. The van der Waals surface area contributed by atoms with Crippen molar-refractivity contribution >= 4 is 23.2 Å². The van der Waals surface area contributed by atoms with Gasteiger partial charge >= 0.3 is 6.61 Å². The summed E-state index contributed by atoms with van der Waals surface area (Å²) in [6, 6.07) is 4.64. The van der Waals surface area contributed by atoms with Crippen molar-refractivity contribution in [1.29, 1.82) is 0 Å². The zero-order valence-corrected chi connectivity index (χ0v) is 17.8. The molecule has 1 fully saturated rings. The molecule has 0 radical (unpaired) electrons. The van der Waals surface area contributed by atoms with Gasteiger partial charge in [-0.3, -0.25) is 0 Å². The molecule has 0 spiro atoms. The number of alkyl halides is 2. The van der Waals surface area contributed by atoms with Crippen molar-refractivity contribution in [2.24, 2.45) is 5.92 Å². The first kappa shape index (κ1) is 22.1. The van der Waals surface area contributed by atoms with Crippen LogP contribution in [0.25, 0.3) is 0 Å². The summed E-state index contributed by atoms with van der Waals surface area (Å²) in [4.78, 5) is 0. The molecule has 3 rings (SSSR count). The van der Waals surface area contributed by atoms with Crippen LogP contribution >= 0.6 is 23.2 Å². The van der Waals surface area contributed by atoms with Gasteiger partial charge in [-0.2, -0.15) is 8.78 Å². The first-order valence-electron chi connectivity index (χ1n) is 9.53. The van der Waals surface area contributed by atoms with Crippen LogP contribution < -0.4 is 14.0 Å². The summed E-state index contributed by atoms with van der Waals surface area (Å²) in [5, 5.41) is 11.6. The van der Waals surface area contributed by atoms with Crippen LogP contribution in [0.4, 0.5) is 8.78 Å². The fourth-order valence-corrected chi connectivity index (χ4v) is 3.54. The molecule has 0 aliphatic heterocycles. The Bertz CT molecular complexity index is 837. The standard InChI is InChI=1S/C21H24Cl2F2NO3/c1-12(2)26-9-16(22)15(17(23)10-26)8-18(27)14-5-6-19(29-21(24)25)20(7-14)28-11-13-3-4-13/h5-7,9-10,12-13,18,21,27H,3-4,8,11H2,1-2H3/q+1. The number of benzene rings is 1. The topological polar surface area (TPSA) is 42.6 Å². The van der Waals surface area contributed by atoms with E-state index in [1.807, 2.05) is 18.4 Å². The lowest BCUT2D eigenvalue weighted by Crippen LogP contribution is -2.35. The van der Waals surface area contributed by atoms with Gasteiger partial charge < -0.3 is 14.6 Å². The number of aromatic nitrogens is 1. The van der Waals surface area contributed by atoms with Gasteiger partial charge in [0, 0.05) is 12.0 Å². The lowest BCUT2D eigenvalue weighted by atomic mass is 10.0. The Kier molecular flexibility index (Phi) is 7.19. The van der Waals surface area contributed by atoms with Gasteiger partial charge in [-0.15, -0.1) is 0 Å². The Balaban J connectivity index is 1.81. The highest BCUT2D eigenvalue weighted by molar-refractivity contribution is 6.35. The lowest BCUT2D eigenvalue weighted by molar-refractivity contribution is -0.716. The smallest absolute Gasteiger partial charge is 0.387 e. The average Bonchev–Trinajstić information content (AvgIpc) is 3.47. The minimum absolute atomic E-state index is 0.0506. The summed E-state index contributed by atoms with van der Waals surface area (Å²) in [7, 11) is 0. The molecule has 1 saturated carbocycles. The molecule has 0 amide bonds. The van der Waals surface area contributed by atoms with Crippen LogP contribution in [0.15, 0.2) is 30.6 Å². The largest absolute Gasteiger partial charge is 0.489 e. The van der Waals surface area contributed by atoms with Crippen molar-refractivity contribution in [3.05, 3.63) is 51.8 Å². The predicted octanol–water partition coefficient (Wildman–Crippen LogP) is 5.53. The third-order valence-corrected chi connectivity index (χ3v) is 5.49. The number of halogens is 4. The second-order valence-corrected chi connectivity index (χ2v) is 8.35. The Hall–Kier alpha value is -1.63. The highest BCUT2D eigenvalue weighted by Crippen LogP contribution is 2.36. The van der Waals surface area contributed by atoms with E-state index in [0.29, 0.717) is 33.7 Å². The molecule has 2 aromatic rings. The van der Waals surface area contributed by atoms with E-state index >= 15 is 0 Å². The van der Waals surface area contributed by atoms with Crippen molar-refractivity contribution in [2.75, 3.05) is 6.61 Å². The van der Waals surface area contributed by atoms with E-state index in [9.17, 15) is 13.9 Å². The van der Waals surface area contributed by atoms with Gasteiger partial charge in [-0.05, 0) is 50.3 Å². The minimum atomic E-state index is -2.95. The zero-order valence-electron chi connectivity index (χ0n) is 16.2. The summed E-state index contributed by atoms with van der Waals surface area (Å²) >= 11 is 12.7. The van der Waals surface area contributed by atoms with E-state index in [0.717, 1.165) is 12.8 Å². The highest BCUT2D eigenvalue weighted by Gasteiger charge is 2.24. The van der Waals surface area contributed by atoms with Gasteiger partial charge in [-0.25, -0.2) is 4.57 Å². The van der Waals surface area contributed by atoms with Crippen LogP contribution in [-0.4, -0.2) is 18.3 Å². The molecule has 1 aliphatic carbocycles. The number of hydrogen-bond acceptors (Lipinski definition) is 3. The Morgan fingerprint density at radius 2 is 1.79 bits per heavy atom. The van der Waals surface area contributed by atoms with Gasteiger partial charge in [0.1, 0.15) is 10.0 Å². The predicted molar refractivity (Wildman–Crippen MR) is 107 cm³/mol. The molecular weight excluding hydrogens is 423 g/mol. The molecule has 1 unspecified atom stereocenters. The van der Waals surface area contributed by atoms with E-state index in [4.69, 9.17) is 27.9 Å². The summed E-state index contributed by atoms with van der Waals surface area (Å²) in [6.45, 7) is 1.49. The van der Waals surface area contributed by atoms with Crippen LogP contribution in [0, 0.1) is 5.92 Å². The first-order valence-corrected chi connectivity index (χ1v) is 10.3. The molecule has 1 atom stereocenters. The number of pyridine rings is 1. The maximum absolute atomic E-state index is 12.7. The highest BCUT2D eigenvalue weighted by atomic mass is 35.5. The van der Waals surface area contributed by atoms with Crippen molar-refractivity contribution in [2.45, 2.75) is 51.9 Å². The van der Waals surface area contributed by atoms with Gasteiger partial charge in [0.25, 0.3) is 0 Å². The summed E-state index contributed by atoms with van der Waals surface area (Å²) in [5.41, 5.74) is 1.12. The van der Waals surface area contributed by atoms with E-state index in [-0.39, 0.29) is 24.0 Å². The molecule has 29 heavy (non-hydrogen) atoms. The van der Waals surface area contributed by atoms with Crippen LogP contribution in [0.5, 0.6) is 11.5 Å². The molecule has 0 bridgehead atoms. The maximum Gasteiger partial charge on any atom is 0.387 e. The number of hydrogen-bond donors (Lipinski definition) is 1. The monoisotopic (exact) mass is 446 g/mol. The van der Waals surface area contributed by atoms with Crippen molar-refractivity contribution in [3.63, 3.8) is 0 Å². The SMILES string of the molecule is CC(C)[n+]1cc(Cl)c(CC(O)c2ccc(OC(F)F)c(OCC3CC3)c2)c(Cl)c1. The summed E-state index contributed by atoms with van der Waals surface area (Å²) in [5.74, 6) is 0.583. The zero-order chi connectivity index (χ0) is 21.1. The van der Waals surface area contributed by atoms with Crippen molar-refractivity contribution < 1.29 is 27.9 Å². The second kappa shape index (κ2) is 9.45. The molecule has 8 heteroatoms. The minimum Gasteiger partial charge on any atom is -0.489 e. The molecule has 1 aromatic heterocycles. The van der Waals surface area contributed by atoms with Crippen LogP contribution in [0.3, 0.4) is 0 Å². The summed E-state index contributed by atoms with van der Waals surface area (Å²) in [6.07, 6.45) is 4.90. The number of aliphatic hydroxyl groups excluding tert-OH is 1. The Morgan fingerprint density at radius 3 is 2.34 bits per heavy atom. The number of aliphatic hydroxyl groups is 1. The summed E-state index contributed by atoms with van der Waals surface area (Å²) < 4.78 is 37.5. The maximum atomic E-state index is 12.7. The van der Waals surface area contributed by atoms with Crippen molar-refractivity contribution in [3.8, 4) is 11.5 Å². The first-order chi connectivity index (χ1) is 13.7. The third kappa shape index (κ3) is 5.93. The molecule has 1 N–H and O–H groups in total. The molecule has 1 aromatic carbocycles. The van der Waals surface area contributed by atoms with Crippen LogP contribution in [0.2, 0.25) is 10.0 Å². The quantitative estimate of drug-likeness (QED) is 0.515. The van der Waals surface area contributed by atoms with Crippen LogP contribution in [-0.2, 0) is 6.42 Å². The number of nitrogens with zero attached hydrogens (tertiary/aromatic N) is 1. The molecular formula is C21H24Cl2F2NO3+. The number of ether oxygens (including phenoxy) is 2.